The van der Waals surface area contributed by atoms with Gasteiger partial charge in [0.1, 0.15) is 10.5 Å². The molecule has 0 bridgehead atoms. The molecule has 4 heteroatoms. The summed E-state index contributed by atoms with van der Waals surface area (Å²) in [5, 5.41) is 0. The van der Waals surface area contributed by atoms with Crippen LogP contribution in [0.3, 0.4) is 0 Å². The Bertz CT molecular complexity index is 107. The third kappa shape index (κ3) is 7.83. The van der Waals surface area contributed by atoms with Crippen LogP contribution in [0.4, 0.5) is 0 Å². The molecule has 0 saturated carbocycles. The molecule has 0 radical (unpaired) electrons. The Morgan fingerprint density at radius 1 is 1.55 bits per heavy atom. The van der Waals surface area contributed by atoms with Gasteiger partial charge in [0.2, 0.25) is 0 Å². The van der Waals surface area contributed by atoms with Gasteiger partial charge in [-0.3, -0.25) is 0 Å². The van der Waals surface area contributed by atoms with Gasteiger partial charge in [-0.25, -0.2) is 0 Å². The first-order valence-electron chi connectivity index (χ1n) is 4.06. The number of allylic oxidation sites excluding steroid dienone is 1. The zero-order valence-corrected chi connectivity index (χ0v) is 10.8. The minimum atomic E-state index is -0.775. The van der Waals surface area contributed by atoms with E-state index >= 15 is 0 Å². The van der Waals surface area contributed by atoms with Crippen molar-refractivity contribution in [2.45, 2.75) is 25.9 Å². The average molecular weight is 190 g/mol. The van der Waals surface area contributed by atoms with Gasteiger partial charge in [0.15, 0.2) is 9.04 Å². The van der Waals surface area contributed by atoms with Crippen molar-refractivity contribution in [2.24, 2.45) is 0 Å². The van der Waals surface area contributed by atoms with Crippen LogP contribution in [-0.4, -0.2) is 26.1 Å². The Hall–Kier alpha value is -0.0662. The van der Waals surface area contributed by atoms with Gasteiger partial charge in [0.05, 0.1) is 12.9 Å². The van der Waals surface area contributed by atoms with Crippen molar-refractivity contribution in [1.29, 1.82) is 0 Å². The van der Waals surface area contributed by atoms with Gasteiger partial charge in [-0.1, -0.05) is 6.08 Å². The lowest BCUT2D eigenvalue weighted by Crippen LogP contribution is -2.11. The molecular formula is C7H18O2Si2. The van der Waals surface area contributed by atoms with E-state index in [0.717, 1.165) is 23.5 Å². The van der Waals surface area contributed by atoms with Crippen LogP contribution in [0.5, 0.6) is 0 Å². The van der Waals surface area contributed by atoms with Crippen molar-refractivity contribution in [1.82, 2.24) is 0 Å². The summed E-state index contributed by atoms with van der Waals surface area (Å²) in [6.45, 7) is 5.04. The van der Waals surface area contributed by atoms with Crippen molar-refractivity contribution in [3.05, 3.63) is 12.3 Å². The van der Waals surface area contributed by atoms with E-state index in [-0.39, 0.29) is 0 Å². The predicted molar refractivity (Wildman–Crippen MR) is 54.2 cm³/mol. The molecule has 0 fully saturated rings. The quantitative estimate of drug-likeness (QED) is 0.346. The standard InChI is InChI=1S/C7H18O2Si2/c1-3-5-8-6-4-7-11(2)9-10/h3,5,11H,4,6-7H2,1-2,10H3. The fourth-order valence-electron chi connectivity index (χ4n) is 0.736. The summed E-state index contributed by atoms with van der Waals surface area (Å²) in [5.41, 5.74) is 0. The zero-order valence-electron chi connectivity index (χ0n) is 7.67. The molecule has 1 unspecified atom stereocenters. The van der Waals surface area contributed by atoms with Crippen molar-refractivity contribution in [3.8, 4) is 0 Å². The van der Waals surface area contributed by atoms with Crippen LogP contribution in [0.25, 0.3) is 0 Å². The first-order chi connectivity index (χ1) is 5.31. The Labute approximate surface area is 73.9 Å². The van der Waals surface area contributed by atoms with Crippen LogP contribution in [-0.2, 0) is 8.85 Å². The second-order valence-electron chi connectivity index (χ2n) is 2.53. The maximum absolute atomic E-state index is 5.36. The van der Waals surface area contributed by atoms with Gasteiger partial charge in [0.25, 0.3) is 0 Å². The highest BCUT2D eigenvalue weighted by Gasteiger charge is 1.99. The van der Waals surface area contributed by atoms with Crippen LogP contribution in [0, 0.1) is 0 Å². The maximum Gasteiger partial charge on any atom is 0.159 e. The highest BCUT2D eigenvalue weighted by atomic mass is 28.3. The molecule has 0 aromatic carbocycles. The Kier molecular flexibility index (Phi) is 7.99. The fourth-order valence-corrected chi connectivity index (χ4v) is 2.42. The number of hydrogen-bond donors (Lipinski definition) is 0. The average Bonchev–Trinajstić information content (AvgIpc) is 2.04. The molecule has 66 valence electrons. The fraction of sp³-hybridized carbons (Fsp3) is 0.714. The molecule has 11 heavy (non-hydrogen) atoms. The summed E-state index contributed by atoms with van der Waals surface area (Å²) in [4.78, 5) is 0. The topological polar surface area (TPSA) is 18.5 Å². The third-order valence-electron chi connectivity index (χ3n) is 1.51. The van der Waals surface area contributed by atoms with Crippen molar-refractivity contribution in [3.63, 3.8) is 0 Å². The lowest BCUT2D eigenvalue weighted by molar-refractivity contribution is 0.248. The number of ether oxygens (including phenoxy) is 1. The number of hydrogen-bond acceptors (Lipinski definition) is 2. The summed E-state index contributed by atoms with van der Waals surface area (Å²) in [6, 6.07) is 1.24. The van der Waals surface area contributed by atoms with E-state index in [0.29, 0.717) is 0 Å². The van der Waals surface area contributed by atoms with E-state index in [2.05, 4.69) is 6.55 Å². The van der Waals surface area contributed by atoms with E-state index < -0.39 is 9.04 Å². The van der Waals surface area contributed by atoms with Crippen LogP contribution in [0.2, 0.25) is 12.6 Å². The van der Waals surface area contributed by atoms with Crippen molar-refractivity contribution in [2.75, 3.05) is 6.61 Å². The summed E-state index contributed by atoms with van der Waals surface area (Å²) in [5.74, 6) is 0. The smallest absolute Gasteiger partial charge is 0.159 e. The van der Waals surface area contributed by atoms with Crippen LogP contribution >= 0.6 is 0 Å². The zero-order chi connectivity index (χ0) is 8.53. The van der Waals surface area contributed by atoms with Gasteiger partial charge in [0, 0.05) is 0 Å². The molecule has 0 aliphatic rings. The van der Waals surface area contributed by atoms with Crippen molar-refractivity contribution >= 4 is 19.5 Å². The van der Waals surface area contributed by atoms with Crippen LogP contribution in [0.15, 0.2) is 12.3 Å². The first-order valence-corrected chi connectivity index (χ1v) is 7.32. The van der Waals surface area contributed by atoms with Gasteiger partial charge >= 0.3 is 0 Å². The Balaban J connectivity index is 3.01. The molecule has 0 N–H and O–H groups in total. The first kappa shape index (κ1) is 10.9. The maximum atomic E-state index is 5.36. The van der Waals surface area contributed by atoms with Gasteiger partial charge < -0.3 is 8.85 Å². The molecule has 0 amide bonds. The van der Waals surface area contributed by atoms with E-state index in [1.54, 1.807) is 6.26 Å². The third-order valence-corrected chi connectivity index (χ3v) is 5.95. The molecule has 0 heterocycles. The molecule has 1 atom stereocenters. The van der Waals surface area contributed by atoms with Gasteiger partial charge in [-0.2, -0.15) is 0 Å². The Morgan fingerprint density at radius 2 is 2.27 bits per heavy atom. The lowest BCUT2D eigenvalue weighted by Gasteiger charge is -2.06. The summed E-state index contributed by atoms with van der Waals surface area (Å²) in [6.07, 6.45) is 4.79. The number of rotatable bonds is 6. The summed E-state index contributed by atoms with van der Waals surface area (Å²) < 4.78 is 10.5. The molecule has 0 spiro atoms. The van der Waals surface area contributed by atoms with E-state index in [4.69, 9.17) is 8.85 Å². The Morgan fingerprint density at radius 3 is 2.82 bits per heavy atom. The largest absolute Gasteiger partial charge is 0.502 e. The minimum Gasteiger partial charge on any atom is -0.502 e. The molecule has 0 aliphatic carbocycles. The molecule has 0 rings (SSSR count). The van der Waals surface area contributed by atoms with E-state index in [9.17, 15) is 0 Å². The minimum absolute atomic E-state index is 0.775. The van der Waals surface area contributed by atoms with E-state index in [1.165, 1.54) is 6.04 Å². The van der Waals surface area contributed by atoms with Crippen LogP contribution in [0.1, 0.15) is 13.3 Å². The highest BCUT2D eigenvalue weighted by Crippen LogP contribution is 1.97. The molecule has 0 aromatic rings. The summed E-state index contributed by atoms with van der Waals surface area (Å²) >= 11 is 0. The SMILES string of the molecule is CC=COCCC[SiH](C)O[SiH3]. The lowest BCUT2D eigenvalue weighted by atomic mass is 10.5. The second kappa shape index (κ2) is 8.03. The predicted octanol–water partition coefficient (Wildman–Crippen LogP) is 0.577. The monoisotopic (exact) mass is 190 g/mol. The van der Waals surface area contributed by atoms with Gasteiger partial charge in [-0.15, -0.1) is 0 Å². The second-order valence-corrected chi connectivity index (χ2v) is 6.61. The molecule has 0 aliphatic heterocycles. The van der Waals surface area contributed by atoms with E-state index in [1.807, 2.05) is 13.0 Å². The molecule has 0 aromatic heterocycles. The van der Waals surface area contributed by atoms with Gasteiger partial charge in [-0.05, 0) is 25.9 Å². The normalized spacial score (nSPS) is 14.0. The highest BCUT2D eigenvalue weighted by molar-refractivity contribution is 6.54. The molecule has 0 saturated heterocycles. The van der Waals surface area contributed by atoms with Crippen molar-refractivity contribution < 1.29 is 8.85 Å². The van der Waals surface area contributed by atoms with Crippen LogP contribution < -0.4 is 0 Å². The summed E-state index contributed by atoms with van der Waals surface area (Å²) in [7, 11) is 0.124. The molecule has 2 nitrogen and oxygen atoms in total. The molecular weight excluding hydrogens is 172 g/mol.